The third-order valence-electron chi connectivity index (χ3n) is 2.30. The largest absolute Gasteiger partial charge is 0.514 e. The van der Waals surface area contributed by atoms with Crippen molar-refractivity contribution in [1.29, 1.82) is 0 Å². The number of carboxylic acids is 1. The molecule has 22 heavy (non-hydrogen) atoms. The van der Waals surface area contributed by atoms with Crippen LogP contribution in [0.1, 0.15) is 36.7 Å². The fraction of sp³-hybridized carbons (Fsp3) is 0.385. The maximum atomic E-state index is 11.8. The second-order valence-corrected chi connectivity index (χ2v) is 5.70. The van der Waals surface area contributed by atoms with E-state index < -0.39 is 23.3 Å². The van der Waals surface area contributed by atoms with Gasteiger partial charge in [0.05, 0.1) is 5.69 Å². The van der Waals surface area contributed by atoms with Gasteiger partial charge in [0.1, 0.15) is 11.2 Å². The first-order valence-electron chi connectivity index (χ1n) is 6.10. The molecule has 0 fully saturated rings. The second-order valence-electron chi connectivity index (χ2n) is 5.14. The number of alkyl halides is 1. The molecule has 1 N–H and O–H groups in total. The lowest BCUT2D eigenvalue weighted by Crippen LogP contribution is -2.26. The van der Waals surface area contributed by atoms with Crippen LogP contribution in [0.2, 0.25) is 0 Å². The van der Waals surface area contributed by atoms with Gasteiger partial charge < -0.3 is 14.6 Å². The fourth-order valence-electron chi connectivity index (χ4n) is 1.53. The van der Waals surface area contributed by atoms with Crippen LogP contribution >= 0.6 is 15.9 Å². The van der Waals surface area contributed by atoms with Crippen molar-refractivity contribution < 1.29 is 24.2 Å². The number of carbonyl (C=O) groups excluding carboxylic acids is 1. The molecule has 0 atom stereocenters. The molecule has 0 unspecified atom stereocenters. The highest BCUT2D eigenvalue weighted by atomic mass is 79.9. The predicted molar refractivity (Wildman–Crippen MR) is 81.7 cm³/mol. The number of nitrogens with zero attached hydrogens (tertiary/aromatic N) is 3. The molecule has 1 aromatic rings. The van der Waals surface area contributed by atoms with Crippen molar-refractivity contribution in [2.45, 2.75) is 31.7 Å². The van der Waals surface area contributed by atoms with E-state index in [1.807, 2.05) is 0 Å². The van der Waals surface area contributed by atoms with Gasteiger partial charge >= 0.3 is 12.1 Å². The molecule has 0 spiro atoms. The minimum atomic E-state index is -1.39. The number of rotatable bonds is 4. The Morgan fingerprint density at radius 3 is 2.50 bits per heavy atom. The normalized spacial score (nSPS) is 10.5. The molecule has 0 heterocycles. The third-order valence-corrected chi connectivity index (χ3v) is 2.91. The molecule has 0 aliphatic heterocycles. The molecule has 0 saturated carbocycles. The second kappa shape index (κ2) is 7.15. The number of ether oxygens (including phenoxy) is 2. The van der Waals surface area contributed by atoms with E-state index in [1.54, 1.807) is 20.8 Å². The van der Waals surface area contributed by atoms with Crippen LogP contribution in [0.25, 0.3) is 10.4 Å². The zero-order valence-electron chi connectivity index (χ0n) is 12.2. The number of halogens is 1. The van der Waals surface area contributed by atoms with Crippen LogP contribution in [0, 0.1) is 0 Å². The van der Waals surface area contributed by atoms with E-state index in [9.17, 15) is 14.7 Å². The number of hydrogen-bond acceptors (Lipinski definition) is 5. The number of hydrogen-bond donors (Lipinski definition) is 1. The predicted octanol–water partition coefficient (Wildman–Crippen LogP) is 4.54. The van der Waals surface area contributed by atoms with Crippen molar-refractivity contribution >= 4 is 33.7 Å². The highest BCUT2D eigenvalue weighted by Gasteiger charge is 2.25. The Kier molecular flexibility index (Phi) is 5.78. The molecule has 118 valence electrons. The van der Waals surface area contributed by atoms with Gasteiger partial charge in [0.25, 0.3) is 0 Å². The highest BCUT2D eigenvalue weighted by molar-refractivity contribution is 9.08. The summed E-state index contributed by atoms with van der Waals surface area (Å²) in [5.74, 6) is -1.60. The average molecular weight is 372 g/mol. The molecule has 1 rings (SSSR count). The Labute approximate surface area is 134 Å². The lowest BCUT2D eigenvalue weighted by atomic mass is 10.1. The van der Waals surface area contributed by atoms with Gasteiger partial charge in [-0.2, -0.15) is 0 Å². The van der Waals surface area contributed by atoms with Crippen LogP contribution in [-0.2, 0) is 10.1 Å². The highest BCUT2D eigenvalue weighted by Crippen LogP contribution is 2.34. The van der Waals surface area contributed by atoms with Crippen molar-refractivity contribution in [2.24, 2.45) is 5.11 Å². The van der Waals surface area contributed by atoms with Gasteiger partial charge in [-0.3, -0.25) is 0 Å². The molecular formula is C13H14BrN3O5. The van der Waals surface area contributed by atoms with Gasteiger partial charge in [0, 0.05) is 15.8 Å². The van der Waals surface area contributed by atoms with Crippen LogP contribution in [0.5, 0.6) is 5.75 Å². The van der Waals surface area contributed by atoms with Crippen molar-refractivity contribution in [1.82, 2.24) is 0 Å². The molecule has 0 saturated heterocycles. The SMILES string of the molecule is CC(C)(C)OC(=O)Oc1c(CBr)ccc(N=[N+]=[N-])c1C(=O)O. The van der Waals surface area contributed by atoms with Crippen molar-refractivity contribution in [2.75, 3.05) is 0 Å². The van der Waals surface area contributed by atoms with Crippen LogP contribution in [0.4, 0.5) is 10.5 Å². The Bertz CT molecular complexity index is 648. The van der Waals surface area contributed by atoms with E-state index >= 15 is 0 Å². The number of carbonyl (C=O) groups is 2. The number of carboxylic acid groups (broad SMARTS) is 1. The van der Waals surface area contributed by atoms with Crippen molar-refractivity contribution in [3.05, 3.63) is 33.7 Å². The number of azide groups is 1. The monoisotopic (exact) mass is 371 g/mol. The zero-order valence-corrected chi connectivity index (χ0v) is 13.7. The first kappa shape index (κ1) is 17.8. The summed E-state index contributed by atoms with van der Waals surface area (Å²) in [6.07, 6.45) is -1.05. The van der Waals surface area contributed by atoms with Crippen LogP contribution < -0.4 is 4.74 Å². The van der Waals surface area contributed by atoms with E-state index in [4.69, 9.17) is 15.0 Å². The average Bonchev–Trinajstić information content (AvgIpc) is 2.36. The standard InChI is InChI=1S/C13H14BrN3O5/c1-13(2,3)22-12(20)21-10-7(6-14)4-5-8(16-17-15)9(10)11(18)19/h4-5H,6H2,1-3H3,(H,18,19). The molecular weight excluding hydrogens is 358 g/mol. The zero-order chi connectivity index (χ0) is 16.9. The lowest BCUT2D eigenvalue weighted by molar-refractivity contribution is 0.0202. The number of benzene rings is 1. The van der Waals surface area contributed by atoms with Crippen LogP contribution in [0.3, 0.4) is 0 Å². The van der Waals surface area contributed by atoms with E-state index in [0.717, 1.165) is 0 Å². The van der Waals surface area contributed by atoms with Crippen LogP contribution in [-0.4, -0.2) is 22.8 Å². The Morgan fingerprint density at radius 2 is 2.05 bits per heavy atom. The van der Waals surface area contributed by atoms with Gasteiger partial charge in [-0.25, -0.2) is 9.59 Å². The molecule has 0 amide bonds. The van der Waals surface area contributed by atoms with E-state index in [2.05, 4.69) is 26.0 Å². The van der Waals surface area contributed by atoms with Crippen molar-refractivity contribution in [3.8, 4) is 5.75 Å². The number of aromatic carboxylic acids is 1. The third kappa shape index (κ3) is 4.64. The molecule has 1 aromatic carbocycles. The molecule has 0 aromatic heterocycles. The summed E-state index contributed by atoms with van der Waals surface area (Å²) < 4.78 is 10.0. The summed E-state index contributed by atoms with van der Waals surface area (Å²) in [5, 5.41) is 12.8. The topological polar surface area (TPSA) is 122 Å². The quantitative estimate of drug-likeness (QED) is 0.208. The van der Waals surface area contributed by atoms with Gasteiger partial charge in [-0.1, -0.05) is 33.2 Å². The van der Waals surface area contributed by atoms with E-state index in [-0.39, 0.29) is 16.8 Å². The van der Waals surface area contributed by atoms with Gasteiger partial charge in [0.15, 0.2) is 5.75 Å². The van der Waals surface area contributed by atoms with E-state index in [0.29, 0.717) is 5.56 Å². The maximum Gasteiger partial charge on any atom is 0.514 e. The molecule has 0 aliphatic carbocycles. The van der Waals surface area contributed by atoms with Gasteiger partial charge in [-0.15, -0.1) is 0 Å². The molecule has 9 heteroatoms. The van der Waals surface area contributed by atoms with Crippen molar-refractivity contribution in [3.63, 3.8) is 0 Å². The maximum absolute atomic E-state index is 11.8. The summed E-state index contributed by atoms with van der Waals surface area (Å²) >= 11 is 3.18. The first-order chi connectivity index (χ1) is 10.2. The summed E-state index contributed by atoms with van der Waals surface area (Å²) in [5.41, 5.74) is 7.55. The Morgan fingerprint density at radius 1 is 1.41 bits per heavy atom. The fourth-order valence-corrected chi connectivity index (χ4v) is 1.97. The molecule has 0 bridgehead atoms. The summed E-state index contributed by atoms with van der Waals surface area (Å²) in [4.78, 5) is 25.8. The lowest BCUT2D eigenvalue weighted by Gasteiger charge is -2.20. The summed E-state index contributed by atoms with van der Waals surface area (Å²) in [6, 6.07) is 2.83. The Balaban J connectivity index is 3.36. The molecule has 0 radical (unpaired) electrons. The van der Waals surface area contributed by atoms with Crippen LogP contribution in [0.15, 0.2) is 17.2 Å². The summed E-state index contributed by atoms with van der Waals surface area (Å²) in [7, 11) is 0. The first-order valence-corrected chi connectivity index (χ1v) is 7.22. The summed E-state index contributed by atoms with van der Waals surface area (Å²) in [6.45, 7) is 4.94. The van der Waals surface area contributed by atoms with Gasteiger partial charge in [0.2, 0.25) is 0 Å². The smallest absolute Gasteiger partial charge is 0.478 e. The molecule has 8 nitrogen and oxygen atoms in total. The van der Waals surface area contributed by atoms with Gasteiger partial charge in [-0.05, 0) is 26.3 Å². The minimum absolute atomic E-state index is 0.154. The molecule has 0 aliphatic rings. The minimum Gasteiger partial charge on any atom is -0.478 e. The van der Waals surface area contributed by atoms with E-state index in [1.165, 1.54) is 12.1 Å². The Hall–Kier alpha value is -2.25.